The highest BCUT2D eigenvalue weighted by Crippen LogP contribution is 2.35. The zero-order valence-electron chi connectivity index (χ0n) is 15.4. The molecule has 0 unspecified atom stereocenters. The molecule has 6 nitrogen and oxygen atoms in total. The molecule has 0 amide bonds. The lowest BCUT2D eigenvalue weighted by molar-refractivity contribution is 0.464. The van der Waals surface area contributed by atoms with Crippen LogP contribution >= 0.6 is 23.1 Å². The number of thioether (sulfide) groups is 1. The SMILES string of the molecule is Cc1ccccc1-c1nnc(S[C@@H](C)c2nc3sc(C)c(C)c3c(=O)[nH]2)o1. The summed E-state index contributed by atoms with van der Waals surface area (Å²) < 4.78 is 5.81. The van der Waals surface area contributed by atoms with Crippen molar-refractivity contribution in [2.75, 3.05) is 0 Å². The smallest absolute Gasteiger partial charge is 0.277 e. The van der Waals surface area contributed by atoms with Crippen LogP contribution in [0, 0.1) is 20.8 Å². The fourth-order valence-corrected chi connectivity index (χ4v) is 4.63. The number of nitrogens with zero attached hydrogens (tertiary/aromatic N) is 3. The van der Waals surface area contributed by atoms with E-state index in [0.29, 0.717) is 22.3 Å². The number of hydrogen-bond acceptors (Lipinski definition) is 7. The first kappa shape index (κ1) is 17.9. The number of benzene rings is 1. The normalized spacial score (nSPS) is 12.6. The van der Waals surface area contributed by atoms with Crippen LogP contribution in [0.3, 0.4) is 0 Å². The molecule has 27 heavy (non-hydrogen) atoms. The largest absolute Gasteiger partial charge is 0.411 e. The summed E-state index contributed by atoms with van der Waals surface area (Å²) in [4.78, 5) is 21.9. The van der Waals surface area contributed by atoms with Crippen LogP contribution < -0.4 is 5.56 Å². The second-order valence-corrected chi connectivity index (χ2v) is 8.86. The van der Waals surface area contributed by atoms with E-state index >= 15 is 0 Å². The monoisotopic (exact) mass is 398 g/mol. The van der Waals surface area contributed by atoms with Crippen LogP contribution in [-0.4, -0.2) is 20.2 Å². The third-order valence-corrected chi connectivity index (χ3v) is 6.55. The van der Waals surface area contributed by atoms with Gasteiger partial charge in [-0.25, -0.2) is 4.98 Å². The molecule has 0 saturated heterocycles. The van der Waals surface area contributed by atoms with E-state index in [-0.39, 0.29) is 10.8 Å². The molecule has 1 aromatic carbocycles. The Balaban J connectivity index is 1.62. The van der Waals surface area contributed by atoms with Gasteiger partial charge in [0.1, 0.15) is 10.7 Å². The van der Waals surface area contributed by atoms with Crippen molar-refractivity contribution in [2.24, 2.45) is 0 Å². The van der Waals surface area contributed by atoms with E-state index in [1.54, 1.807) is 11.3 Å². The molecule has 8 heteroatoms. The molecule has 4 aromatic rings. The number of H-pyrrole nitrogens is 1. The number of fused-ring (bicyclic) bond motifs is 1. The highest BCUT2D eigenvalue weighted by molar-refractivity contribution is 7.99. The van der Waals surface area contributed by atoms with E-state index in [0.717, 1.165) is 26.4 Å². The molecule has 0 bridgehead atoms. The van der Waals surface area contributed by atoms with Crippen LogP contribution in [0.2, 0.25) is 0 Å². The van der Waals surface area contributed by atoms with E-state index in [4.69, 9.17) is 4.42 Å². The Bertz CT molecular complexity index is 1190. The van der Waals surface area contributed by atoms with Crippen LogP contribution in [0.25, 0.3) is 21.7 Å². The minimum absolute atomic E-state index is 0.101. The summed E-state index contributed by atoms with van der Waals surface area (Å²) in [5.74, 6) is 1.10. The molecule has 0 aliphatic rings. The molecule has 0 fully saturated rings. The number of aryl methyl sites for hydroxylation is 3. The van der Waals surface area contributed by atoms with Gasteiger partial charge in [-0.15, -0.1) is 21.5 Å². The van der Waals surface area contributed by atoms with Gasteiger partial charge in [-0.2, -0.15) is 0 Å². The average molecular weight is 399 g/mol. The summed E-state index contributed by atoms with van der Waals surface area (Å²) in [5.41, 5.74) is 2.89. The molecular weight excluding hydrogens is 380 g/mol. The number of rotatable bonds is 4. The van der Waals surface area contributed by atoms with Gasteiger partial charge >= 0.3 is 0 Å². The number of hydrogen-bond donors (Lipinski definition) is 1. The Morgan fingerprint density at radius 3 is 2.74 bits per heavy atom. The van der Waals surface area contributed by atoms with Crippen LogP contribution in [0.4, 0.5) is 0 Å². The maximum absolute atomic E-state index is 12.5. The second-order valence-electron chi connectivity index (χ2n) is 6.36. The fourth-order valence-electron chi connectivity index (χ4n) is 2.85. The summed E-state index contributed by atoms with van der Waals surface area (Å²) >= 11 is 2.92. The minimum Gasteiger partial charge on any atom is -0.411 e. The van der Waals surface area contributed by atoms with Gasteiger partial charge < -0.3 is 9.40 Å². The summed E-state index contributed by atoms with van der Waals surface area (Å²) in [7, 11) is 0. The van der Waals surface area contributed by atoms with Crippen LogP contribution in [0.1, 0.15) is 34.0 Å². The van der Waals surface area contributed by atoms with Crippen molar-refractivity contribution >= 4 is 33.3 Å². The maximum atomic E-state index is 12.5. The predicted molar refractivity (Wildman–Crippen MR) is 108 cm³/mol. The van der Waals surface area contributed by atoms with Crippen molar-refractivity contribution in [3.05, 3.63) is 56.4 Å². The lowest BCUT2D eigenvalue weighted by Crippen LogP contribution is -2.12. The summed E-state index contributed by atoms with van der Waals surface area (Å²) in [6.07, 6.45) is 0. The Labute approximate surface area is 164 Å². The average Bonchev–Trinajstić information content (AvgIpc) is 3.20. The van der Waals surface area contributed by atoms with Crippen molar-refractivity contribution in [1.29, 1.82) is 0 Å². The quantitative estimate of drug-likeness (QED) is 0.497. The molecular formula is C19H18N4O2S2. The first-order chi connectivity index (χ1) is 12.9. The number of nitrogens with one attached hydrogen (secondary N) is 1. The van der Waals surface area contributed by atoms with Crippen LogP contribution in [0.15, 0.2) is 38.7 Å². The van der Waals surface area contributed by atoms with Crippen LogP contribution in [0.5, 0.6) is 0 Å². The summed E-state index contributed by atoms with van der Waals surface area (Å²) in [6, 6.07) is 7.87. The van der Waals surface area contributed by atoms with Crippen molar-refractivity contribution in [2.45, 2.75) is 38.2 Å². The van der Waals surface area contributed by atoms with Crippen molar-refractivity contribution in [3.63, 3.8) is 0 Å². The predicted octanol–water partition coefficient (Wildman–Crippen LogP) is 4.81. The van der Waals surface area contributed by atoms with Crippen molar-refractivity contribution in [1.82, 2.24) is 20.2 Å². The third-order valence-electron chi connectivity index (χ3n) is 4.50. The Morgan fingerprint density at radius 2 is 1.96 bits per heavy atom. The lowest BCUT2D eigenvalue weighted by Gasteiger charge is -2.07. The summed E-state index contributed by atoms with van der Waals surface area (Å²) in [5, 5.41) is 9.28. The van der Waals surface area contributed by atoms with Gasteiger partial charge in [0, 0.05) is 10.4 Å². The molecule has 3 heterocycles. The van der Waals surface area contributed by atoms with Crippen molar-refractivity contribution in [3.8, 4) is 11.5 Å². The molecule has 4 rings (SSSR count). The van der Waals surface area contributed by atoms with Gasteiger partial charge in [0.25, 0.3) is 10.8 Å². The zero-order chi connectivity index (χ0) is 19.1. The number of aromatic nitrogens is 4. The second kappa shape index (κ2) is 6.94. The topological polar surface area (TPSA) is 84.7 Å². The molecule has 0 aliphatic carbocycles. The lowest BCUT2D eigenvalue weighted by atomic mass is 10.1. The van der Waals surface area contributed by atoms with Gasteiger partial charge in [0.05, 0.1) is 10.6 Å². The molecule has 0 aliphatic heterocycles. The maximum Gasteiger partial charge on any atom is 0.277 e. The van der Waals surface area contributed by atoms with E-state index in [1.807, 2.05) is 52.0 Å². The molecule has 1 atom stereocenters. The molecule has 0 saturated carbocycles. The Kier molecular flexibility index (Phi) is 4.61. The molecule has 0 spiro atoms. The molecule has 3 aromatic heterocycles. The number of thiophene rings is 1. The Morgan fingerprint density at radius 1 is 1.19 bits per heavy atom. The highest BCUT2D eigenvalue weighted by Gasteiger charge is 2.19. The van der Waals surface area contributed by atoms with Gasteiger partial charge in [-0.3, -0.25) is 4.79 Å². The van der Waals surface area contributed by atoms with E-state index < -0.39 is 0 Å². The van der Waals surface area contributed by atoms with Gasteiger partial charge in [0.15, 0.2) is 0 Å². The van der Waals surface area contributed by atoms with Gasteiger partial charge in [-0.1, -0.05) is 30.0 Å². The minimum atomic E-state index is -0.130. The number of aromatic amines is 1. The van der Waals surface area contributed by atoms with Crippen LogP contribution in [-0.2, 0) is 0 Å². The van der Waals surface area contributed by atoms with E-state index in [9.17, 15) is 4.79 Å². The molecule has 0 radical (unpaired) electrons. The first-order valence-corrected chi connectivity index (χ1v) is 10.2. The molecule has 138 valence electrons. The molecule has 1 N–H and O–H groups in total. The summed E-state index contributed by atoms with van der Waals surface area (Å²) in [6.45, 7) is 7.92. The Hall–Kier alpha value is -2.45. The van der Waals surface area contributed by atoms with Crippen molar-refractivity contribution < 1.29 is 4.42 Å². The zero-order valence-corrected chi connectivity index (χ0v) is 17.0. The van der Waals surface area contributed by atoms with Gasteiger partial charge in [0.2, 0.25) is 5.89 Å². The van der Waals surface area contributed by atoms with E-state index in [2.05, 4.69) is 20.2 Å². The standard InChI is InChI=1S/C19H18N4O2S2/c1-9-7-5-6-8-13(9)17-22-23-19(25-17)27-12(4)15-20-16(24)14-10(2)11(3)26-18(14)21-15/h5-8,12H,1-4H3,(H,20,21,24)/t12-/m0/s1. The fraction of sp³-hybridized carbons (Fsp3) is 0.263. The highest BCUT2D eigenvalue weighted by atomic mass is 32.2. The third kappa shape index (κ3) is 3.30. The van der Waals surface area contributed by atoms with E-state index in [1.165, 1.54) is 11.8 Å². The van der Waals surface area contributed by atoms with Gasteiger partial charge in [-0.05, 0) is 44.9 Å². The first-order valence-electron chi connectivity index (χ1n) is 8.50.